The second-order valence-electron chi connectivity index (χ2n) is 6.59. The lowest BCUT2D eigenvalue weighted by Crippen LogP contribution is -2.49. The maximum absolute atomic E-state index is 12.8. The SMILES string of the molecule is CCN(CC)CCSc1ccc(C(=O)N2CCN(c3ncccn3)CC2)cn1. The van der Waals surface area contributed by atoms with Crippen molar-refractivity contribution >= 4 is 23.6 Å². The highest BCUT2D eigenvalue weighted by Crippen LogP contribution is 2.17. The molecule has 0 radical (unpaired) electrons. The van der Waals surface area contributed by atoms with Crippen LogP contribution in [0.1, 0.15) is 24.2 Å². The smallest absolute Gasteiger partial charge is 0.255 e. The van der Waals surface area contributed by atoms with E-state index in [-0.39, 0.29) is 5.91 Å². The molecule has 0 spiro atoms. The van der Waals surface area contributed by atoms with Crippen molar-refractivity contribution in [2.24, 2.45) is 0 Å². The minimum Gasteiger partial charge on any atom is -0.337 e. The molecule has 1 saturated heterocycles. The minimum atomic E-state index is 0.0424. The van der Waals surface area contributed by atoms with Gasteiger partial charge in [-0.25, -0.2) is 15.0 Å². The number of hydrogen-bond acceptors (Lipinski definition) is 7. The van der Waals surface area contributed by atoms with Gasteiger partial charge in [0.1, 0.15) is 0 Å². The first kappa shape index (κ1) is 20.5. The van der Waals surface area contributed by atoms with E-state index >= 15 is 0 Å². The zero-order valence-electron chi connectivity index (χ0n) is 16.6. The first-order chi connectivity index (χ1) is 13.7. The number of piperazine rings is 1. The summed E-state index contributed by atoms with van der Waals surface area (Å²) < 4.78 is 0. The van der Waals surface area contributed by atoms with Crippen molar-refractivity contribution < 1.29 is 4.79 Å². The van der Waals surface area contributed by atoms with E-state index in [1.807, 2.05) is 23.1 Å². The summed E-state index contributed by atoms with van der Waals surface area (Å²) in [6, 6.07) is 5.65. The standard InChI is InChI=1S/C20H28N6OS/c1-3-24(4-2)14-15-28-18-7-6-17(16-23-18)19(27)25-10-12-26(13-11-25)20-21-8-5-9-22-20/h5-9,16H,3-4,10-15H2,1-2H3. The van der Waals surface area contributed by atoms with Gasteiger partial charge in [0.2, 0.25) is 5.95 Å². The van der Waals surface area contributed by atoms with Crippen molar-refractivity contribution in [3.8, 4) is 0 Å². The maximum atomic E-state index is 12.8. The molecule has 0 aromatic carbocycles. The Balaban J connectivity index is 1.48. The summed E-state index contributed by atoms with van der Waals surface area (Å²) >= 11 is 1.74. The van der Waals surface area contributed by atoms with Crippen LogP contribution in [0, 0.1) is 0 Å². The zero-order chi connectivity index (χ0) is 19.8. The lowest BCUT2D eigenvalue weighted by Gasteiger charge is -2.34. The fourth-order valence-corrected chi connectivity index (χ4v) is 4.01. The van der Waals surface area contributed by atoms with Crippen molar-refractivity contribution in [3.05, 3.63) is 42.4 Å². The summed E-state index contributed by atoms with van der Waals surface area (Å²) in [4.78, 5) is 32.2. The highest BCUT2D eigenvalue weighted by molar-refractivity contribution is 7.99. The quantitative estimate of drug-likeness (QED) is 0.630. The number of thioether (sulfide) groups is 1. The average Bonchev–Trinajstić information content (AvgIpc) is 2.77. The van der Waals surface area contributed by atoms with Gasteiger partial charge in [-0.3, -0.25) is 4.79 Å². The third-order valence-corrected chi connectivity index (χ3v) is 5.86. The first-order valence-corrected chi connectivity index (χ1v) is 10.8. The molecule has 2 aromatic rings. The summed E-state index contributed by atoms with van der Waals surface area (Å²) in [5.41, 5.74) is 0.650. The number of rotatable bonds is 8. The summed E-state index contributed by atoms with van der Waals surface area (Å²) in [7, 11) is 0. The summed E-state index contributed by atoms with van der Waals surface area (Å²) in [5.74, 6) is 1.77. The molecule has 0 aliphatic carbocycles. The van der Waals surface area contributed by atoms with E-state index in [4.69, 9.17) is 0 Å². The van der Waals surface area contributed by atoms with Crippen LogP contribution >= 0.6 is 11.8 Å². The molecule has 7 nitrogen and oxygen atoms in total. The molecule has 0 unspecified atom stereocenters. The van der Waals surface area contributed by atoms with Crippen molar-refractivity contribution in [3.63, 3.8) is 0 Å². The third-order valence-electron chi connectivity index (χ3n) is 4.94. The number of carbonyl (C=O) groups is 1. The van der Waals surface area contributed by atoms with Crippen LogP contribution in [0.2, 0.25) is 0 Å². The van der Waals surface area contributed by atoms with Gasteiger partial charge in [0, 0.05) is 57.1 Å². The average molecular weight is 401 g/mol. The van der Waals surface area contributed by atoms with Gasteiger partial charge in [0.15, 0.2) is 0 Å². The number of aromatic nitrogens is 3. The van der Waals surface area contributed by atoms with Crippen molar-refractivity contribution in [2.75, 3.05) is 56.5 Å². The lowest BCUT2D eigenvalue weighted by atomic mass is 10.2. The highest BCUT2D eigenvalue weighted by Gasteiger charge is 2.23. The number of hydrogen-bond donors (Lipinski definition) is 0. The zero-order valence-corrected chi connectivity index (χ0v) is 17.4. The number of amides is 1. The van der Waals surface area contributed by atoms with Crippen LogP contribution in [0.25, 0.3) is 0 Å². The molecule has 8 heteroatoms. The summed E-state index contributed by atoms with van der Waals surface area (Å²) in [6.45, 7) is 10.4. The predicted octanol–water partition coefficient (Wildman–Crippen LogP) is 2.27. The van der Waals surface area contributed by atoms with Gasteiger partial charge in [-0.15, -0.1) is 11.8 Å². The van der Waals surface area contributed by atoms with Gasteiger partial charge in [0.05, 0.1) is 10.6 Å². The molecule has 0 saturated carbocycles. The van der Waals surface area contributed by atoms with Gasteiger partial charge >= 0.3 is 0 Å². The number of anilines is 1. The monoisotopic (exact) mass is 400 g/mol. The van der Waals surface area contributed by atoms with E-state index in [1.165, 1.54) is 0 Å². The van der Waals surface area contributed by atoms with Crippen LogP contribution in [0.4, 0.5) is 5.95 Å². The van der Waals surface area contributed by atoms with Crippen LogP contribution in [0.5, 0.6) is 0 Å². The Kier molecular flexibility index (Phi) is 7.62. The predicted molar refractivity (Wildman–Crippen MR) is 113 cm³/mol. The van der Waals surface area contributed by atoms with Gasteiger partial charge in [-0.05, 0) is 31.3 Å². The molecule has 2 aromatic heterocycles. The Bertz CT molecular complexity index is 730. The van der Waals surface area contributed by atoms with Gasteiger partial charge in [0.25, 0.3) is 5.91 Å². The molecule has 1 fully saturated rings. The highest BCUT2D eigenvalue weighted by atomic mass is 32.2. The normalized spacial score (nSPS) is 14.5. The number of nitrogens with zero attached hydrogens (tertiary/aromatic N) is 6. The second kappa shape index (κ2) is 10.4. The first-order valence-electron chi connectivity index (χ1n) is 9.83. The Morgan fingerprint density at radius 1 is 1.07 bits per heavy atom. The Morgan fingerprint density at radius 3 is 2.39 bits per heavy atom. The van der Waals surface area contributed by atoms with Crippen molar-refractivity contribution in [1.82, 2.24) is 24.8 Å². The number of carbonyl (C=O) groups excluding carboxylic acids is 1. The van der Waals surface area contributed by atoms with Gasteiger partial charge in [-0.2, -0.15) is 0 Å². The third kappa shape index (κ3) is 5.42. The summed E-state index contributed by atoms with van der Waals surface area (Å²) in [5, 5.41) is 0.967. The minimum absolute atomic E-state index is 0.0424. The fourth-order valence-electron chi connectivity index (χ4n) is 3.16. The van der Waals surface area contributed by atoms with Crippen LogP contribution in [0.3, 0.4) is 0 Å². The van der Waals surface area contributed by atoms with E-state index in [2.05, 4.69) is 38.6 Å². The van der Waals surface area contributed by atoms with E-state index in [0.717, 1.165) is 49.5 Å². The molecule has 3 heterocycles. The molecule has 0 bridgehead atoms. The Hall–Kier alpha value is -2.19. The molecule has 3 rings (SSSR count). The number of pyridine rings is 1. The van der Waals surface area contributed by atoms with Crippen LogP contribution < -0.4 is 4.90 Å². The largest absolute Gasteiger partial charge is 0.337 e. The summed E-state index contributed by atoms with van der Waals surface area (Å²) in [6.07, 6.45) is 5.19. The van der Waals surface area contributed by atoms with Crippen LogP contribution in [-0.4, -0.2) is 82.2 Å². The molecule has 1 aliphatic heterocycles. The molecule has 0 N–H and O–H groups in total. The van der Waals surface area contributed by atoms with Crippen molar-refractivity contribution in [1.29, 1.82) is 0 Å². The molecular weight excluding hydrogens is 372 g/mol. The molecular formula is C20H28N6OS. The fraction of sp³-hybridized carbons (Fsp3) is 0.500. The van der Waals surface area contributed by atoms with Gasteiger partial charge in [-0.1, -0.05) is 13.8 Å². The molecule has 28 heavy (non-hydrogen) atoms. The maximum Gasteiger partial charge on any atom is 0.255 e. The molecule has 0 atom stereocenters. The van der Waals surface area contributed by atoms with E-state index < -0.39 is 0 Å². The molecule has 150 valence electrons. The van der Waals surface area contributed by atoms with Crippen LogP contribution in [-0.2, 0) is 0 Å². The van der Waals surface area contributed by atoms with Crippen LogP contribution in [0.15, 0.2) is 41.8 Å². The second-order valence-corrected chi connectivity index (χ2v) is 7.70. The Labute approximate surface area is 171 Å². The lowest BCUT2D eigenvalue weighted by molar-refractivity contribution is 0.0745. The van der Waals surface area contributed by atoms with Gasteiger partial charge < -0.3 is 14.7 Å². The molecule has 1 aliphatic rings. The van der Waals surface area contributed by atoms with E-state index in [0.29, 0.717) is 18.7 Å². The van der Waals surface area contributed by atoms with Crippen molar-refractivity contribution in [2.45, 2.75) is 18.9 Å². The topological polar surface area (TPSA) is 65.5 Å². The van der Waals surface area contributed by atoms with E-state index in [1.54, 1.807) is 30.4 Å². The molecule has 1 amide bonds. The Morgan fingerprint density at radius 2 is 1.79 bits per heavy atom. The van der Waals surface area contributed by atoms with E-state index in [9.17, 15) is 4.79 Å².